The van der Waals surface area contributed by atoms with Gasteiger partial charge in [0.05, 0.1) is 0 Å². The van der Waals surface area contributed by atoms with Crippen LogP contribution in [0.2, 0.25) is 0 Å². The van der Waals surface area contributed by atoms with Gasteiger partial charge in [-0.1, -0.05) is 236 Å². The van der Waals surface area contributed by atoms with E-state index in [4.69, 9.17) is 14.2 Å². The summed E-state index contributed by atoms with van der Waals surface area (Å²) >= 11 is 0. The lowest BCUT2D eigenvalue weighted by molar-refractivity contribution is -0.167. The molecule has 0 aliphatic carbocycles. The highest BCUT2D eigenvalue weighted by atomic mass is 16.6. The van der Waals surface area contributed by atoms with Gasteiger partial charge in [0.25, 0.3) is 0 Å². The van der Waals surface area contributed by atoms with Gasteiger partial charge in [-0.3, -0.25) is 14.4 Å². The third-order valence-electron chi connectivity index (χ3n) is 12.2. The second-order valence-electron chi connectivity index (χ2n) is 18.8. The van der Waals surface area contributed by atoms with Crippen molar-refractivity contribution >= 4 is 17.9 Å². The summed E-state index contributed by atoms with van der Waals surface area (Å²) in [6, 6.07) is 0. The Morgan fingerprint density at radius 3 is 0.879 bits per heavy atom. The Kier molecular flexibility index (Phi) is 52.3. The molecule has 0 aromatic carbocycles. The summed E-state index contributed by atoms with van der Waals surface area (Å²) in [6.07, 6.45) is 67.7. The van der Waals surface area contributed by atoms with E-state index in [1.807, 2.05) is 0 Å². The smallest absolute Gasteiger partial charge is 0.306 e. The fourth-order valence-electron chi connectivity index (χ4n) is 7.95. The molecule has 0 heterocycles. The predicted octanol–water partition coefficient (Wildman–Crippen LogP) is 18.8. The van der Waals surface area contributed by atoms with Crippen molar-refractivity contribution in [1.82, 2.24) is 0 Å². The molecular formula is C60H106O6. The van der Waals surface area contributed by atoms with Crippen molar-refractivity contribution in [1.29, 1.82) is 0 Å². The average Bonchev–Trinajstić information content (AvgIpc) is 3.31. The zero-order chi connectivity index (χ0) is 47.9. The fourth-order valence-corrected chi connectivity index (χ4v) is 7.95. The van der Waals surface area contributed by atoms with Crippen LogP contribution in [0, 0.1) is 0 Å². The van der Waals surface area contributed by atoms with Gasteiger partial charge in [-0.05, 0) is 89.9 Å². The maximum Gasteiger partial charge on any atom is 0.306 e. The molecule has 0 spiro atoms. The lowest BCUT2D eigenvalue weighted by Gasteiger charge is -2.18. The van der Waals surface area contributed by atoms with Crippen LogP contribution in [0.15, 0.2) is 60.8 Å². The first-order valence-electron chi connectivity index (χ1n) is 28.3. The number of hydrogen-bond acceptors (Lipinski definition) is 6. The van der Waals surface area contributed by atoms with Crippen LogP contribution in [0.5, 0.6) is 0 Å². The van der Waals surface area contributed by atoms with Gasteiger partial charge < -0.3 is 14.2 Å². The largest absolute Gasteiger partial charge is 0.462 e. The molecule has 66 heavy (non-hydrogen) atoms. The maximum absolute atomic E-state index is 12.8. The molecular weight excluding hydrogens is 817 g/mol. The van der Waals surface area contributed by atoms with Gasteiger partial charge in [0.15, 0.2) is 6.10 Å². The monoisotopic (exact) mass is 923 g/mol. The molecule has 0 fully saturated rings. The standard InChI is InChI=1S/C60H106O6/c1-4-7-10-13-16-19-22-25-27-28-29-30-31-32-34-35-38-41-44-47-50-53-59(62)65-56-57(55-64-58(61)52-49-46-43-40-37-24-21-18-15-12-9-6-3)66-60(63)54-51-48-45-42-39-36-33-26-23-20-17-14-11-8-5-2/h17,20,22,25-26,28-29,31-33,57H,4-16,18-19,21,23-24,27,30,34-56H2,1-3H3/b20-17-,25-22-,29-28-,32-31-,33-26-. The summed E-state index contributed by atoms with van der Waals surface area (Å²) in [7, 11) is 0. The van der Waals surface area contributed by atoms with E-state index < -0.39 is 6.10 Å². The first-order chi connectivity index (χ1) is 32.5. The number of carbonyl (C=O) groups is 3. The zero-order valence-electron chi connectivity index (χ0n) is 43.7. The predicted molar refractivity (Wildman–Crippen MR) is 284 cm³/mol. The van der Waals surface area contributed by atoms with Crippen molar-refractivity contribution < 1.29 is 28.6 Å². The Morgan fingerprint density at radius 1 is 0.303 bits per heavy atom. The fraction of sp³-hybridized carbons (Fsp3) is 0.783. The van der Waals surface area contributed by atoms with Gasteiger partial charge in [0.2, 0.25) is 0 Å². The summed E-state index contributed by atoms with van der Waals surface area (Å²) in [5.41, 5.74) is 0. The lowest BCUT2D eigenvalue weighted by atomic mass is 10.0. The van der Waals surface area contributed by atoms with Crippen molar-refractivity contribution in [2.45, 2.75) is 290 Å². The quantitative estimate of drug-likeness (QED) is 0.0262. The Bertz CT molecular complexity index is 1200. The number of esters is 3. The van der Waals surface area contributed by atoms with Gasteiger partial charge in [0.1, 0.15) is 13.2 Å². The minimum Gasteiger partial charge on any atom is -0.462 e. The Balaban J connectivity index is 4.37. The second kappa shape index (κ2) is 54.7. The summed E-state index contributed by atoms with van der Waals surface area (Å²) in [6.45, 7) is 6.59. The highest BCUT2D eigenvalue weighted by molar-refractivity contribution is 5.71. The van der Waals surface area contributed by atoms with Crippen LogP contribution in [0.4, 0.5) is 0 Å². The number of allylic oxidation sites excluding steroid dienone is 10. The van der Waals surface area contributed by atoms with Gasteiger partial charge in [-0.15, -0.1) is 0 Å². The van der Waals surface area contributed by atoms with E-state index in [-0.39, 0.29) is 31.1 Å². The van der Waals surface area contributed by atoms with Crippen LogP contribution < -0.4 is 0 Å². The first-order valence-corrected chi connectivity index (χ1v) is 28.3. The van der Waals surface area contributed by atoms with E-state index in [2.05, 4.69) is 81.5 Å². The topological polar surface area (TPSA) is 78.9 Å². The van der Waals surface area contributed by atoms with Crippen LogP contribution in [-0.2, 0) is 28.6 Å². The van der Waals surface area contributed by atoms with Crippen molar-refractivity contribution in [3.8, 4) is 0 Å². The summed E-state index contributed by atoms with van der Waals surface area (Å²) in [4.78, 5) is 38.1. The molecule has 382 valence electrons. The van der Waals surface area contributed by atoms with E-state index in [9.17, 15) is 14.4 Å². The molecule has 0 aromatic rings. The molecule has 0 aliphatic rings. The molecule has 0 amide bonds. The molecule has 6 nitrogen and oxygen atoms in total. The molecule has 0 radical (unpaired) electrons. The lowest BCUT2D eigenvalue weighted by Crippen LogP contribution is -2.30. The van der Waals surface area contributed by atoms with E-state index in [1.165, 1.54) is 141 Å². The number of carbonyl (C=O) groups excluding carboxylic acids is 3. The van der Waals surface area contributed by atoms with Crippen LogP contribution in [0.3, 0.4) is 0 Å². The number of ether oxygens (including phenoxy) is 3. The van der Waals surface area contributed by atoms with Crippen LogP contribution in [0.25, 0.3) is 0 Å². The summed E-state index contributed by atoms with van der Waals surface area (Å²) in [5.74, 6) is -0.900. The molecule has 0 saturated heterocycles. The minimum atomic E-state index is -0.785. The molecule has 6 heteroatoms. The first kappa shape index (κ1) is 63.1. The minimum absolute atomic E-state index is 0.0822. The Hall–Kier alpha value is -2.89. The highest BCUT2D eigenvalue weighted by Crippen LogP contribution is 2.15. The molecule has 1 unspecified atom stereocenters. The van der Waals surface area contributed by atoms with E-state index in [1.54, 1.807) is 0 Å². The van der Waals surface area contributed by atoms with Gasteiger partial charge in [0, 0.05) is 19.3 Å². The van der Waals surface area contributed by atoms with Crippen molar-refractivity contribution in [2.24, 2.45) is 0 Å². The van der Waals surface area contributed by atoms with Crippen LogP contribution >= 0.6 is 0 Å². The Labute approximate surface area is 409 Å². The third-order valence-corrected chi connectivity index (χ3v) is 12.2. The summed E-state index contributed by atoms with van der Waals surface area (Å²) < 4.78 is 16.8. The molecule has 0 rings (SSSR count). The van der Waals surface area contributed by atoms with Gasteiger partial charge in [-0.2, -0.15) is 0 Å². The zero-order valence-corrected chi connectivity index (χ0v) is 43.7. The normalized spacial score (nSPS) is 12.5. The second-order valence-corrected chi connectivity index (χ2v) is 18.8. The maximum atomic E-state index is 12.8. The molecule has 0 bridgehead atoms. The van der Waals surface area contributed by atoms with Gasteiger partial charge >= 0.3 is 17.9 Å². The van der Waals surface area contributed by atoms with E-state index in [0.717, 1.165) is 103 Å². The number of unbranched alkanes of at least 4 members (excludes halogenated alkanes) is 30. The number of hydrogen-bond donors (Lipinski definition) is 0. The Morgan fingerprint density at radius 2 is 0.545 bits per heavy atom. The molecule has 0 N–H and O–H groups in total. The molecule has 0 saturated carbocycles. The number of rotatable bonds is 51. The molecule has 0 aliphatic heterocycles. The van der Waals surface area contributed by atoms with Crippen molar-refractivity contribution in [2.75, 3.05) is 13.2 Å². The van der Waals surface area contributed by atoms with E-state index in [0.29, 0.717) is 19.3 Å². The van der Waals surface area contributed by atoms with Crippen LogP contribution in [0.1, 0.15) is 284 Å². The van der Waals surface area contributed by atoms with Crippen molar-refractivity contribution in [3.63, 3.8) is 0 Å². The van der Waals surface area contributed by atoms with Crippen molar-refractivity contribution in [3.05, 3.63) is 60.8 Å². The average molecular weight is 924 g/mol. The van der Waals surface area contributed by atoms with Gasteiger partial charge in [-0.25, -0.2) is 0 Å². The van der Waals surface area contributed by atoms with E-state index >= 15 is 0 Å². The molecule has 0 aromatic heterocycles. The highest BCUT2D eigenvalue weighted by Gasteiger charge is 2.19. The SMILES string of the molecule is CCCCC/C=C\C/C=C\CCCCCCCC(=O)OC(COC(=O)CCCCCCCC/C=C\C/C=C\C/C=C\CCCCCCC)COC(=O)CCCCCCCCCCCCCC. The summed E-state index contributed by atoms with van der Waals surface area (Å²) in [5, 5.41) is 0. The molecule has 1 atom stereocenters. The van der Waals surface area contributed by atoms with Crippen LogP contribution in [-0.4, -0.2) is 37.2 Å². The third kappa shape index (κ3) is 52.1.